The van der Waals surface area contributed by atoms with Crippen molar-refractivity contribution in [3.63, 3.8) is 0 Å². The maximum Gasteiger partial charge on any atom is 0.364 e. The molecule has 13 heavy (non-hydrogen) atoms. The average Bonchev–Trinajstić information content (AvgIpc) is 2.08. The molecule has 1 aromatic carbocycles. The highest BCUT2D eigenvalue weighted by Crippen LogP contribution is 2.12. The Labute approximate surface area is 79.3 Å². The van der Waals surface area contributed by atoms with Gasteiger partial charge in [0, 0.05) is 5.02 Å². The monoisotopic (exact) mass is 200 g/mol. The van der Waals surface area contributed by atoms with Gasteiger partial charge >= 0.3 is 5.97 Å². The topological polar surface area (TPSA) is 37.3 Å². The molecule has 0 atom stereocenters. The second-order valence-corrected chi connectivity index (χ2v) is 2.79. The number of hydrogen-bond acceptors (Lipinski definition) is 1. The fourth-order valence-electron chi connectivity index (χ4n) is 0.767. The van der Waals surface area contributed by atoms with Crippen LogP contribution in [0.4, 0.5) is 4.39 Å². The first-order valence-electron chi connectivity index (χ1n) is 3.45. The number of carboxylic acids is 1. The predicted molar refractivity (Wildman–Crippen MR) is 48.2 cm³/mol. The van der Waals surface area contributed by atoms with Crippen molar-refractivity contribution in [1.82, 2.24) is 0 Å². The summed E-state index contributed by atoms with van der Waals surface area (Å²) in [6.45, 7) is 0. The smallest absolute Gasteiger partial charge is 0.364 e. The van der Waals surface area contributed by atoms with E-state index < -0.39 is 11.8 Å². The van der Waals surface area contributed by atoms with Crippen molar-refractivity contribution in [2.45, 2.75) is 0 Å². The van der Waals surface area contributed by atoms with Gasteiger partial charge in [-0.1, -0.05) is 23.7 Å². The Morgan fingerprint density at radius 3 is 2.38 bits per heavy atom. The lowest BCUT2D eigenvalue weighted by Crippen LogP contribution is -1.93. The van der Waals surface area contributed by atoms with E-state index in [-0.39, 0.29) is 0 Å². The van der Waals surface area contributed by atoms with Crippen molar-refractivity contribution < 1.29 is 14.3 Å². The Kier molecular flexibility index (Phi) is 3.03. The molecule has 4 heteroatoms. The molecule has 0 heterocycles. The van der Waals surface area contributed by atoms with Crippen LogP contribution in [0.5, 0.6) is 0 Å². The largest absolute Gasteiger partial charge is 0.476 e. The quantitative estimate of drug-likeness (QED) is 0.746. The molecule has 0 aromatic heterocycles. The maximum absolute atomic E-state index is 12.5. The van der Waals surface area contributed by atoms with Crippen LogP contribution in [0.1, 0.15) is 5.56 Å². The summed E-state index contributed by atoms with van der Waals surface area (Å²) in [6.07, 6.45) is 0.929. The third-order valence-corrected chi connectivity index (χ3v) is 1.62. The van der Waals surface area contributed by atoms with Crippen LogP contribution in [0, 0.1) is 0 Å². The first-order valence-corrected chi connectivity index (χ1v) is 3.83. The van der Waals surface area contributed by atoms with Crippen LogP contribution in [0.3, 0.4) is 0 Å². The lowest BCUT2D eigenvalue weighted by molar-refractivity contribution is -0.134. The second-order valence-electron chi connectivity index (χ2n) is 2.35. The van der Waals surface area contributed by atoms with Crippen LogP contribution in [-0.2, 0) is 4.79 Å². The molecule has 0 saturated heterocycles. The molecule has 68 valence electrons. The molecule has 0 aliphatic heterocycles. The van der Waals surface area contributed by atoms with Gasteiger partial charge in [0.1, 0.15) is 0 Å². The molecule has 1 N–H and O–H groups in total. The Balaban J connectivity index is 2.92. The van der Waals surface area contributed by atoms with Gasteiger partial charge < -0.3 is 5.11 Å². The summed E-state index contributed by atoms with van der Waals surface area (Å²) in [4.78, 5) is 10.1. The van der Waals surface area contributed by atoms with Crippen molar-refractivity contribution in [3.05, 3.63) is 40.7 Å². The Morgan fingerprint density at radius 2 is 1.92 bits per heavy atom. The van der Waals surface area contributed by atoms with Crippen molar-refractivity contribution in [1.29, 1.82) is 0 Å². The van der Waals surface area contributed by atoms with Crippen LogP contribution < -0.4 is 0 Å². The molecule has 0 spiro atoms. The van der Waals surface area contributed by atoms with Gasteiger partial charge in [-0.05, 0) is 23.8 Å². The van der Waals surface area contributed by atoms with Gasteiger partial charge in [-0.3, -0.25) is 0 Å². The number of hydrogen-bond donors (Lipinski definition) is 1. The molecule has 0 aliphatic carbocycles. The van der Waals surface area contributed by atoms with Gasteiger partial charge in [-0.2, -0.15) is 4.39 Å². The van der Waals surface area contributed by atoms with E-state index in [9.17, 15) is 9.18 Å². The summed E-state index contributed by atoms with van der Waals surface area (Å²) in [5.74, 6) is -2.77. The molecule has 0 radical (unpaired) electrons. The highest BCUT2D eigenvalue weighted by molar-refractivity contribution is 6.30. The van der Waals surface area contributed by atoms with Crippen LogP contribution in [0.25, 0.3) is 6.08 Å². The van der Waals surface area contributed by atoms with Crippen molar-refractivity contribution in [3.8, 4) is 0 Å². The van der Waals surface area contributed by atoms with E-state index in [0.29, 0.717) is 10.6 Å². The lowest BCUT2D eigenvalue weighted by Gasteiger charge is -1.93. The number of benzene rings is 1. The van der Waals surface area contributed by atoms with Gasteiger partial charge in [-0.25, -0.2) is 4.79 Å². The summed E-state index contributed by atoms with van der Waals surface area (Å²) in [6, 6.07) is 6.18. The molecule has 0 unspecified atom stereocenters. The van der Waals surface area contributed by atoms with Crippen LogP contribution in [0.15, 0.2) is 30.1 Å². The first kappa shape index (κ1) is 9.74. The summed E-state index contributed by atoms with van der Waals surface area (Å²) in [7, 11) is 0. The SMILES string of the molecule is O=C(O)C(F)=Cc1ccc(Cl)cc1. The zero-order chi connectivity index (χ0) is 9.84. The summed E-state index contributed by atoms with van der Waals surface area (Å²) in [5, 5.41) is 8.75. The number of carbonyl (C=O) groups is 1. The molecule has 0 saturated carbocycles. The van der Waals surface area contributed by atoms with Gasteiger partial charge in [0.25, 0.3) is 0 Å². The third-order valence-electron chi connectivity index (χ3n) is 1.37. The molecule has 2 nitrogen and oxygen atoms in total. The van der Waals surface area contributed by atoms with E-state index in [0.717, 1.165) is 6.08 Å². The molecule has 1 rings (SSSR count). The normalized spacial score (nSPS) is 11.4. The van der Waals surface area contributed by atoms with Crippen molar-refractivity contribution in [2.75, 3.05) is 0 Å². The van der Waals surface area contributed by atoms with Crippen LogP contribution in [-0.4, -0.2) is 11.1 Å². The summed E-state index contributed by atoms with van der Waals surface area (Å²) in [5.41, 5.74) is 0.462. The summed E-state index contributed by atoms with van der Waals surface area (Å²) >= 11 is 5.58. The fourth-order valence-corrected chi connectivity index (χ4v) is 0.893. The van der Waals surface area contributed by atoms with Gasteiger partial charge in [0.05, 0.1) is 0 Å². The molecule has 1 aromatic rings. The highest BCUT2D eigenvalue weighted by Gasteiger charge is 2.04. The minimum Gasteiger partial charge on any atom is -0.476 e. The average molecular weight is 201 g/mol. The molecule has 0 fully saturated rings. The molecular formula is C9H6ClFO2. The van der Waals surface area contributed by atoms with E-state index >= 15 is 0 Å². The molecular weight excluding hydrogens is 195 g/mol. The second kappa shape index (κ2) is 4.05. The lowest BCUT2D eigenvalue weighted by atomic mass is 10.2. The zero-order valence-electron chi connectivity index (χ0n) is 6.50. The van der Waals surface area contributed by atoms with Gasteiger partial charge in [-0.15, -0.1) is 0 Å². The van der Waals surface area contributed by atoms with Crippen molar-refractivity contribution in [2.24, 2.45) is 0 Å². The van der Waals surface area contributed by atoms with Crippen LogP contribution in [0.2, 0.25) is 5.02 Å². The third kappa shape index (κ3) is 2.87. The number of rotatable bonds is 2. The Bertz CT molecular complexity index is 343. The van der Waals surface area contributed by atoms with Gasteiger partial charge in [0.2, 0.25) is 5.83 Å². The van der Waals surface area contributed by atoms with E-state index in [2.05, 4.69) is 0 Å². The highest BCUT2D eigenvalue weighted by atomic mass is 35.5. The van der Waals surface area contributed by atoms with E-state index in [1.807, 2.05) is 0 Å². The molecule has 0 bridgehead atoms. The summed E-state index contributed by atoms with van der Waals surface area (Å²) < 4.78 is 12.5. The maximum atomic E-state index is 12.5. The standard InChI is InChI=1S/C9H6ClFO2/c10-7-3-1-6(2-4-7)5-8(11)9(12)13/h1-5H,(H,12,13). The minimum atomic E-state index is -1.57. The predicted octanol–water partition coefficient (Wildman–Crippen LogP) is 2.74. The zero-order valence-corrected chi connectivity index (χ0v) is 7.25. The molecule has 0 amide bonds. The van der Waals surface area contributed by atoms with E-state index in [1.54, 1.807) is 12.1 Å². The fraction of sp³-hybridized carbons (Fsp3) is 0. The minimum absolute atomic E-state index is 0.462. The van der Waals surface area contributed by atoms with E-state index in [4.69, 9.17) is 16.7 Å². The van der Waals surface area contributed by atoms with E-state index in [1.165, 1.54) is 12.1 Å². The number of halogens is 2. The number of aliphatic carboxylic acids is 1. The van der Waals surface area contributed by atoms with Crippen LogP contribution >= 0.6 is 11.6 Å². The molecule has 0 aliphatic rings. The van der Waals surface area contributed by atoms with Gasteiger partial charge in [0.15, 0.2) is 0 Å². The Hall–Kier alpha value is -1.35. The first-order chi connectivity index (χ1) is 6.09. The number of carboxylic acid groups (broad SMARTS) is 1. The van der Waals surface area contributed by atoms with Crippen molar-refractivity contribution >= 4 is 23.6 Å². The Morgan fingerprint density at radius 1 is 1.38 bits per heavy atom.